The molecule has 0 aromatic rings. The van der Waals surface area contributed by atoms with Crippen LogP contribution in [-0.2, 0) is 4.79 Å². The number of carbonyl (C=O) groups excluding carboxylic acids is 1. The van der Waals surface area contributed by atoms with Crippen LogP contribution in [0.15, 0.2) is 5.16 Å². The molecule has 2 atom stereocenters. The van der Waals surface area contributed by atoms with E-state index >= 15 is 0 Å². The first-order chi connectivity index (χ1) is 7.56. The molecule has 0 rings (SSSR count). The third-order valence-corrected chi connectivity index (χ3v) is 3.30. The summed E-state index contributed by atoms with van der Waals surface area (Å²) in [4.78, 5) is 11.8. The normalized spacial score (nSPS) is 15.6. The summed E-state index contributed by atoms with van der Waals surface area (Å²) in [6, 6.07) is 0. The lowest BCUT2D eigenvalue weighted by Gasteiger charge is -2.16. The summed E-state index contributed by atoms with van der Waals surface area (Å²) in [5, 5.41) is 14.6. The minimum atomic E-state index is -0.524. The van der Waals surface area contributed by atoms with E-state index in [9.17, 15) is 4.79 Å². The van der Waals surface area contributed by atoms with Crippen molar-refractivity contribution in [1.29, 1.82) is 0 Å². The summed E-state index contributed by atoms with van der Waals surface area (Å²) in [5.74, 6) is -0.710. The molecular formula is C10H21N3O2S. The van der Waals surface area contributed by atoms with Gasteiger partial charge in [0.2, 0.25) is 5.91 Å². The molecular weight excluding hydrogens is 226 g/mol. The Morgan fingerprint density at radius 2 is 2.25 bits per heavy atom. The summed E-state index contributed by atoms with van der Waals surface area (Å²) in [7, 11) is 0. The molecule has 0 aliphatic rings. The van der Waals surface area contributed by atoms with Gasteiger partial charge in [-0.2, -0.15) is 11.8 Å². The zero-order valence-corrected chi connectivity index (χ0v) is 10.9. The third-order valence-electron chi connectivity index (χ3n) is 2.33. The monoisotopic (exact) mass is 247 g/mol. The summed E-state index contributed by atoms with van der Waals surface area (Å²) in [6.45, 7) is 4.58. The highest BCUT2D eigenvalue weighted by atomic mass is 32.2. The van der Waals surface area contributed by atoms with Crippen LogP contribution < -0.4 is 11.1 Å². The molecule has 0 bridgehead atoms. The van der Waals surface area contributed by atoms with E-state index in [1.54, 1.807) is 11.8 Å². The number of amidine groups is 1. The molecule has 0 heterocycles. The molecule has 16 heavy (non-hydrogen) atoms. The Kier molecular flexibility index (Phi) is 7.80. The van der Waals surface area contributed by atoms with E-state index in [0.717, 1.165) is 6.42 Å². The quantitative estimate of drug-likeness (QED) is 0.271. The van der Waals surface area contributed by atoms with Gasteiger partial charge >= 0.3 is 0 Å². The lowest BCUT2D eigenvalue weighted by molar-refractivity contribution is -0.123. The Labute approximate surface area is 101 Å². The van der Waals surface area contributed by atoms with E-state index in [2.05, 4.69) is 10.5 Å². The predicted molar refractivity (Wildman–Crippen MR) is 67.8 cm³/mol. The minimum absolute atomic E-state index is 0.0174. The van der Waals surface area contributed by atoms with Gasteiger partial charge in [-0.15, -0.1) is 0 Å². The lowest BCUT2D eigenvalue weighted by Crippen LogP contribution is -2.40. The van der Waals surface area contributed by atoms with Crippen LogP contribution in [0.1, 0.15) is 26.7 Å². The molecule has 1 amide bonds. The van der Waals surface area contributed by atoms with E-state index in [1.807, 2.05) is 20.1 Å². The number of oxime groups is 1. The van der Waals surface area contributed by atoms with Crippen molar-refractivity contribution < 1.29 is 10.0 Å². The number of amides is 1. The molecule has 0 saturated heterocycles. The molecule has 0 aromatic heterocycles. The van der Waals surface area contributed by atoms with Crippen LogP contribution in [0, 0.1) is 5.92 Å². The number of hydrogen-bond acceptors (Lipinski definition) is 4. The molecule has 5 nitrogen and oxygen atoms in total. The average molecular weight is 247 g/mol. The van der Waals surface area contributed by atoms with Gasteiger partial charge in [0.1, 0.15) is 0 Å². The van der Waals surface area contributed by atoms with Crippen molar-refractivity contribution in [3.8, 4) is 0 Å². The summed E-state index contributed by atoms with van der Waals surface area (Å²) in [5.41, 5.74) is 5.48. The van der Waals surface area contributed by atoms with E-state index in [-0.39, 0.29) is 11.7 Å². The number of nitrogens with two attached hydrogens (primary N) is 1. The topological polar surface area (TPSA) is 87.7 Å². The molecule has 0 radical (unpaired) electrons. The smallest absolute Gasteiger partial charge is 0.230 e. The van der Waals surface area contributed by atoms with Crippen LogP contribution in [0.2, 0.25) is 0 Å². The van der Waals surface area contributed by atoms with Crippen LogP contribution >= 0.6 is 11.8 Å². The van der Waals surface area contributed by atoms with Gasteiger partial charge < -0.3 is 16.3 Å². The van der Waals surface area contributed by atoms with E-state index in [0.29, 0.717) is 18.2 Å². The fourth-order valence-electron chi connectivity index (χ4n) is 1.22. The Balaban J connectivity index is 4.28. The first-order valence-corrected chi connectivity index (χ1v) is 6.63. The number of rotatable bonds is 7. The van der Waals surface area contributed by atoms with E-state index < -0.39 is 5.92 Å². The largest absolute Gasteiger partial charge is 0.409 e. The van der Waals surface area contributed by atoms with Crippen LogP contribution in [-0.4, -0.2) is 35.0 Å². The fourth-order valence-corrected chi connectivity index (χ4v) is 1.47. The zero-order chi connectivity index (χ0) is 12.6. The maximum Gasteiger partial charge on any atom is 0.230 e. The molecule has 2 unspecified atom stereocenters. The van der Waals surface area contributed by atoms with E-state index in [1.165, 1.54) is 0 Å². The molecule has 6 heteroatoms. The van der Waals surface area contributed by atoms with Crippen molar-refractivity contribution in [1.82, 2.24) is 5.32 Å². The molecule has 0 aliphatic carbocycles. The van der Waals surface area contributed by atoms with Crippen molar-refractivity contribution in [3.63, 3.8) is 0 Å². The predicted octanol–water partition coefficient (Wildman–Crippen LogP) is 1.02. The Morgan fingerprint density at radius 3 is 2.69 bits per heavy atom. The van der Waals surface area contributed by atoms with Crippen LogP contribution in [0.25, 0.3) is 0 Å². The van der Waals surface area contributed by atoms with Crippen molar-refractivity contribution >= 4 is 23.5 Å². The van der Waals surface area contributed by atoms with Gasteiger partial charge in [-0.25, -0.2) is 0 Å². The molecule has 0 aliphatic heterocycles. The molecule has 0 aromatic carbocycles. The Morgan fingerprint density at radius 1 is 1.62 bits per heavy atom. The van der Waals surface area contributed by atoms with Gasteiger partial charge in [0.05, 0.1) is 5.92 Å². The highest BCUT2D eigenvalue weighted by molar-refractivity contribution is 7.99. The van der Waals surface area contributed by atoms with Gasteiger partial charge in [0.15, 0.2) is 5.84 Å². The second-order valence-corrected chi connectivity index (χ2v) is 4.93. The third kappa shape index (κ3) is 5.25. The van der Waals surface area contributed by atoms with Crippen LogP contribution in [0.4, 0.5) is 0 Å². The van der Waals surface area contributed by atoms with Gasteiger partial charge in [0, 0.05) is 11.8 Å². The lowest BCUT2D eigenvalue weighted by atomic mass is 10.0. The number of hydrogen-bond donors (Lipinski definition) is 3. The maximum atomic E-state index is 11.8. The van der Waals surface area contributed by atoms with Crippen molar-refractivity contribution in [2.45, 2.75) is 31.9 Å². The fraction of sp³-hybridized carbons (Fsp3) is 0.800. The number of nitrogens with one attached hydrogen (secondary N) is 1. The molecule has 4 N–H and O–H groups in total. The molecule has 0 fully saturated rings. The first kappa shape index (κ1) is 15.1. The van der Waals surface area contributed by atoms with Gasteiger partial charge in [0.25, 0.3) is 0 Å². The van der Waals surface area contributed by atoms with E-state index in [4.69, 9.17) is 10.9 Å². The highest BCUT2D eigenvalue weighted by Crippen LogP contribution is 2.08. The molecule has 0 saturated carbocycles. The first-order valence-electron chi connectivity index (χ1n) is 5.34. The Bertz CT molecular complexity index is 246. The maximum absolute atomic E-state index is 11.8. The summed E-state index contributed by atoms with van der Waals surface area (Å²) >= 11 is 1.68. The van der Waals surface area contributed by atoms with Crippen LogP contribution in [0.5, 0.6) is 0 Å². The van der Waals surface area contributed by atoms with Gasteiger partial charge in [-0.05, 0) is 12.7 Å². The average Bonchev–Trinajstić information content (AvgIpc) is 2.31. The Hall–Kier alpha value is -0.910. The number of carbonyl (C=O) groups is 1. The summed E-state index contributed by atoms with van der Waals surface area (Å²) in [6.07, 6.45) is 3.39. The van der Waals surface area contributed by atoms with Gasteiger partial charge in [-0.1, -0.05) is 25.4 Å². The number of thioether (sulfide) groups is 1. The van der Waals surface area contributed by atoms with Crippen molar-refractivity contribution in [2.24, 2.45) is 16.8 Å². The summed E-state index contributed by atoms with van der Waals surface area (Å²) < 4.78 is 0. The zero-order valence-electron chi connectivity index (χ0n) is 10.1. The second kappa shape index (κ2) is 8.27. The van der Waals surface area contributed by atoms with Gasteiger partial charge in [-0.3, -0.25) is 4.79 Å². The number of nitrogens with zero attached hydrogens (tertiary/aromatic N) is 1. The van der Waals surface area contributed by atoms with Crippen molar-refractivity contribution in [2.75, 3.05) is 12.8 Å². The molecule has 94 valence electrons. The van der Waals surface area contributed by atoms with Crippen molar-refractivity contribution in [3.05, 3.63) is 0 Å². The standard InChI is InChI=1S/C10H21N3O2S/c1-4-5-8(9(11)13-15)10(14)12-6-7(2)16-3/h7-8,15H,4-6H2,1-3H3,(H2,11,13)(H,12,14). The SMILES string of the molecule is CCCC(C(=O)NCC(C)SC)C(N)=NO. The highest BCUT2D eigenvalue weighted by Gasteiger charge is 2.22. The van der Waals surface area contributed by atoms with Crippen LogP contribution in [0.3, 0.4) is 0 Å². The second-order valence-electron chi connectivity index (χ2n) is 3.66. The minimum Gasteiger partial charge on any atom is -0.409 e. The molecule has 0 spiro atoms.